The van der Waals surface area contributed by atoms with Crippen LogP contribution in [0.2, 0.25) is 0 Å². The van der Waals surface area contributed by atoms with E-state index in [1.807, 2.05) is 30.3 Å². The van der Waals surface area contributed by atoms with Crippen LogP contribution in [0.15, 0.2) is 30.3 Å². The maximum atomic E-state index is 10.1. The number of para-hydroxylation sites is 1. The van der Waals surface area contributed by atoms with Crippen LogP contribution in [0.4, 0.5) is 0 Å². The molecule has 0 aromatic heterocycles. The first kappa shape index (κ1) is 11.5. The molecule has 1 heterocycles. The molecule has 2 rings (SSSR count). The summed E-state index contributed by atoms with van der Waals surface area (Å²) in [6.45, 7) is 2.83. The molecule has 1 fully saturated rings. The van der Waals surface area contributed by atoms with E-state index < -0.39 is 12.6 Å². The highest BCUT2D eigenvalue weighted by atomic mass is 16.6. The van der Waals surface area contributed by atoms with Gasteiger partial charge in [-0.25, -0.2) is 0 Å². The summed E-state index contributed by atoms with van der Waals surface area (Å²) in [6.07, 6.45) is 0. The van der Waals surface area contributed by atoms with Gasteiger partial charge in [0.1, 0.15) is 17.9 Å². The zero-order chi connectivity index (χ0) is 11.4. The maximum absolute atomic E-state index is 10.1. The van der Waals surface area contributed by atoms with E-state index in [0.29, 0.717) is 13.2 Å². The second-order valence-electron chi connectivity index (χ2n) is 4.03. The first-order chi connectivity index (χ1) is 7.68. The Morgan fingerprint density at radius 3 is 2.56 bits per heavy atom. The molecular formula is C11H15BO4. The Bertz CT molecular complexity index is 322. The number of ether oxygens (including phenoxy) is 1. The van der Waals surface area contributed by atoms with E-state index in [2.05, 4.69) is 0 Å². The highest BCUT2D eigenvalue weighted by Crippen LogP contribution is 2.17. The fourth-order valence-electron chi connectivity index (χ4n) is 1.53. The molecule has 0 saturated carbocycles. The Kier molecular flexibility index (Phi) is 3.48. The Labute approximate surface area is 95.3 Å². The average Bonchev–Trinajstić information content (AvgIpc) is 2.82. The van der Waals surface area contributed by atoms with Crippen LogP contribution < -0.4 is 4.74 Å². The summed E-state index contributed by atoms with van der Waals surface area (Å²) in [5.41, 5.74) is -1.13. The number of hydrogen-bond acceptors (Lipinski definition) is 4. The second kappa shape index (κ2) is 4.87. The van der Waals surface area contributed by atoms with Crippen molar-refractivity contribution in [2.45, 2.75) is 12.4 Å². The van der Waals surface area contributed by atoms with Crippen LogP contribution in [-0.2, 0) is 9.31 Å². The first-order valence-corrected chi connectivity index (χ1v) is 5.32. The van der Waals surface area contributed by atoms with E-state index in [1.54, 1.807) is 6.92 Å². The molecule has 1 N–H and O–H groups in total. The molecule has 1 atom stereocenters. The Hall–Kier alpha value is -1.04. The van der Waals surface area contributed by atoms with Gasteiger partial charge >= 0.3 is 7.12 Å². The minimum Gasteiger partial charge on any atom is -0.491 e. The van der Waals surface area contributed by atoms with Gasteiger partial charge in [0.05, 0.1) is 13.2 Å². The Balaban J connectivity index is 1.89. The van der Waals surface area contributed by atoms with Crippen LogP contribution in [0.25, 0.3) is 0 Å². The Morgan fingerprint density at radius 2 is 1.94 bits per heavy atom. The number of aliphatic hydroxyl groups is 1. The SMILES string of the molecule is CC(O)(COc1ccccc1)B1OCCO1. The zero-order valence-corrected chi connectivity index (χ0v) is 9.26. The maximum Gasteiger partial charge on any atom is 0.494 e. The van der Waals surface area contributed by atoms with E-state index in [4.69, 9.17) is 14.0 Å². The standard InChI is InChI=1S/C11H15BO4/c1-11(13,12-15-7-8-16-12)9-14-10-5-3-2-4-6-10/h2-6,13H,7-9H2,1H3. The summed E-state index contributed by atoms with van der Waals surface area (Å²) >= 11 is 0. The van der Waals surface area contributed by atoms with Crippen LogP contribution in [0.5, 0.6) is 5.75 Å². The van der Waals surface area contributed by atoms with Crippen molar-refractivity contribution in [2.75, 3.05) is 19.8 Å². The van der Waals surface area contributed by atoms with Crippen molar-refractivity contribution < 1.29 is 19.2 Å². The molecule has 86 valence electrons. The quantitative estimate of drug-likeness (QED) is 0.768. The highest BCUT2D eigenvalue weighted by molar-refractivity contribution is 6.48. The van der Waals surface area contributed by atoms with Crippen molar-refractivity contribution in [1.29, 1.82) is 0 Å². The van der Waals surface area contributed by atoms with E-state index >= 15 is 0 Å². The van der Waals surface area contributed by atoms with Gasteiger partial charge in [-0.2, -0.15) is 0 Å². The van der Waals surface area contributed by atoms with Gasteiger partial charge in [-0.1, -0.05) is 18.2 Å². The molecule has 16 heavy (non-hydrogen) atoms. The summed E-state index contributed by atoms with van der Waals surface area (Å²) in [4.78, 5) is 0. The van der Waals surface area contributed by atoms with Crippen molar-refractivity contribution in [3.05, 3.63) is 30.3 Å². The van der Waals surface area contributed by atoms with Crippen molar-refractivity contribution >= 4 is 7.12 Å². The topological polar surface area (TPSA) is 47.9 Å². The van der Waals surface area contributed by atoms with Crippen LogP contribution in [0.3, 0.4) is 0 Å². The number of rotatable bonds is 4. The van der Waals surface area contributed by atoms with E-state index in [9.17, 15) is 5.11 Å². The van der Waals surface area contributed by atoms with Crippen molar-refractivity contribution in [2.24, 2.45) is 0 Å². The third-order valence-corrected chi connectivity index (χ3v) is 2.40. The number of hydrogen-bond donors (Lipinski definition) is 1. The minimum atomic E-state index is -1.13. The fraction of sp³-hybridized carbons (Fsp3) is 0.455. The third kappa shape index (κ3) is 2.75. The van der Waals surface area contributed by atoms with Gasteiger partial charge in [-0.05, 0) is 19.1 Å². The molecule has 0 spiro atoms. The van der Waals surface area contributed by atoms with Gasteiger partial charge in [0.2, 0.25) is 0 Å². The predicted octanol–water partition coefficient (Wildman–Crippen LogP) is 0.891. The van der Waals surface area contributed by atoms with Gasteiger partial charge < -0.3 is 19.2 Å². The highest BCUT2D eigenvalue weighted by Gasteiger charge is 2.44. The van der Waals surface area contributed by atoms with Gasteiger partial charge in [-0.3, -0.25) is 0 Å². The molecule has 1 saturated heterocycles. The summed E-state index contributed by atoms with van der Waals surface area (Å²) in [6, 6.07) is 9.35. The van der Waals surface area contributed by atoms with E-state index in [-0.39, 0.29) is 6.61 Å². The van der Waals surface area contributed by atoms with Gasteiger partial charge in [-0.15, -0.1) is 0 Å². The monoisotopic (exact) mass is 222 g/mol. The molecule has 0 bridgehead atoms. The van der Waals surface area contributed by atoms with Crippen LogP contribution in [0.1, 0.15) is 6.92 Å². The van der Waals surface area contributed by atoms with E-state index in [1.165, 1.54) is 0 Å². The fourth-order valence-corrected chi connectivity index (χ4v) is 1.53. The molecule has 1 aliphatic heterocycles. The molecular weight excluding hydrogens is 207 g/mol. The minimum absolute atomic E-state index is 0.141. The molecule has 4 nitrogen and oxygen atoms in total. The van der Waals surface area contributed by atoms with Crippen molar-refractivity contribution in [1.82, 2.24) is 0 Å². The molecule has 1 unspecified atom stereocenters. The second-order valence-corrected chi connectivity index (χ2v) is 4.03. The molecule has 5 heteroatoms. The van der Waals surface area contributed by atoms with Crippen molar-refractivity contribution in [3.63, 3.8) is 0 Å². The lowest BCUT2D eigenvalue weighted by Gasteiger charge is -2.24. The molecule has 0 radical (unpaired) electrons. The summed E-state index contributed by atoms with van der Waals surface area (Å²) in [5, 5.41) is 10.1. The summed E-state index contributed by atoms with van der Waals surface area (Å²) in [5.74, 6) is 0.723. The lowest BCUT2D eigenvalue weighted by molar-refractivity contribution is 0.0492. The normalized spacial score (nSPS) is 19.5. The van der Waals surface area contributed by atoms with Gasteiger partial charge in [0.15, 0.2) is 0 Å². The molecule has 0 aliphatic carbocycles. The molecule has 1 aromatic carbocycles. The largest absolute Gasteiger partial charge is 0.494 e. The average molecular weight is 222 g/mol. The third-order valence-electron chi connectivity index (χ3n) is 2.40. The van der Waals surface area contributed by atoms with Crippen LogP contribution in [-0.4, -0.2) is 37.5 Å². The van der Waals surface area contributed by atoms with Crippen LogP contribution >= 0.6 is 0 Å². The number of benzene rings is 1. The summed E-state index contributed by atoms with van der Waals surface area (Å²) < 4.78 is 16.0. The smallest absolute Gasteiger partial charge is 0.491 e. The van der Waals surface area contributed by atoms with Crippen molar-refractivity contribution in [3.8, 4) is 5.75 Å². The zero-order valence-electron chi connectivity index (χ0n) is 9.26. The lowest BCUT2D eigenvalue weighted by atomic mass is 9.69. The molecule has 1 aromatic rings. The van der Waals surface area contributed by atoms with Gasteiger partial charge in [0, 0.05) is 0 Å². The van der Waals surface area contributed by atoms with E-state index in [0.717, 1.165) is 5.75 Å². The predicted molar refractivity (Wildman–Crippen MR) is 60.2 cm³/mol. The first-order valence-electron chi connectivity index (χ1n) is 5.32. The molecule has 1 aliphatic rings. The Morgan fingerprint density at radius 1 is 1.31 bits per heavy atom. The lowest BCUT2D eigenvalue weighted by Crippen LogP contribution is -2.49. The molecule has 0 amide bonds. The van der Waals surface area contributed by atoms with Gasteiger partial charge in [0.25, 0.3) is 0 Å². The summed E-state index contributed by atoms with van der Waals surface area (Å²) in [7, 11) is -0.601. The van der Waals surface area contributed by atoms with Crippen LogP contribution in [0, 0.1) is 0 Å².